The lowest BCUT2D eigenvalue weighted by molar-refractivity contribution is -0.137. The van der Waals surface area contributed by atoms with Crippen molar-refractivity contribution < 1.29 is 17.9 Å². The molecule has 0 amide bonds. The first-order valence-electron chi connectivity index (χ1n) is 9.41. The zero-order valence-electron chi connectivity index (χ0n) is 16.3. The van der Waals surface area contributed by atoms with Crippen molar-refractivity contribution >= 4 is 23.3 Å². The van der Waals surface area contributed by atoms with Crippen molar-refractivity contribution in [2.45, 2.75) is 32.1 Å². The van der Waals surface area contributed by atoms with Gasteiger partial charge in [-0.2, -0.15) is 13.2 Å². The Morgan fingerprint density at radius 2 is 2.17 bits per heavy atom. The fourth-order valence-corrected chi connectivity index (χ4v) is 2.92. The Morgan fingerprint density at radius 1 is 1.40 bits per heavy atom. The van der Waals surface area contributed by atoms with Crippen LogP contribution < -0.4 is 16.2 Å². The van der Waals surface area contributed by atoms with Gasteiger partial charge in [-0.05, 0) is 18.6 Å². The van der Waals surface area contributed by atoms with E-state index in [2.05, 4.69) is 15.6 Å². The molecule has 0 saturated carbocycles. The molecule has 1 aliphatic rings. The molecular weight excluding hydrogens is 399 g/mol. The van der Waals surface area contributed by atoms with E-state index in [9.17, 15) is 18.0 Å². The van der Waals surface area contributed by atoms with Crippen molar-refractivity contribution in [3.63, 3.8) is 0 Å². The van der Waals surface area contributed by atoms with Gasteiger partial charge >= 0.3 is 6.18 Å². The number of hydrogen-bond acceptors (Lipinski definition) is 6. The maximum absolute atomic E-state index is 13.7. The van der Waals surface area contributed by atoms with Crippen molar-refractivity contribution in [2.75, 3.05) is 23.8 Å². The molecule has 0 spiro atoms. The second kappa shape index (κ2) is 9.12. The van der Waals surface area contributed by atoms with E-state index in [1.807, 2.05) is 6.92 Å². The van der Waals surface area contributed by atoms with Gasteiger partial charge in [0.2, 0.25) is 0 Å². The highest BCUT2D eigenvalue weighted by atomic mass is 19.4. The SMILES string of the molecule is CCCn1cc(N/C=C(\C=N)c2cnc(NC3COC3)cc2C(F)(F)F)ccc1=O. The van der Waals surface area contributed by atoms with E-state index >= 15 is 0 Å². The largest absolute Gasteiger partial charge is 0.417 e. The molecule has 1 aliphatic heterocycles. The topological polar surface area (TPSA) is 92.0 Å². The molecule has 10 heteroatoms. The first kappa shape index (κ1) is 21.6. The van der Waals surface area contributed by atoms with Crippen LogP contribution in [0.2, 0.25) is 0 Å². The van der Waals surface area contributed by atoms with E-state index in [0.29, 0.717) is 25.4 Å². The Kier molecular flexibility index (Phi) is 6.56. The van der Waals surface area contributed by atoms with E-state index in [-0.39, 0.29) is 28.6 Å². The fraction of sp³-hybridized carbons (Fsp3) is 0.350. The quantitative estimate of drug-likeness (QED) is 0.567. The molecule has 1 saturated heterocycles. The number of anilines is 2. The highest BCUT2D eigenvalue weighted by Crippen LogP contribution is 2.35. The number of hydrogen-bond donors (Lipinski definition) is 3. The second-order valence-corrected chi connectivity index (χ2v) is 6.83. The summed E-state index contributed by atoms with van der Waals surface area (Å²) >= 11 is 0. The van der Waals surface area contributed by atoms with E-state index < -0.39 is 11.7 Å². The summed E-state index contributed by atoms with van der Waals surface area (Å²) in [7, 11) is 0. The molecule has 3 N–H and O–H groups in total. The average molecular weight is 421 g/mol. The molecule has 7 nitrogen and oxygen atoms in total. The second-order valence-electron chi connectivity index (χ2n) is 6.83. The summed E-state index contributed by atoms with van der Waals surface area (Å²) in [6, 6.07) is 3.78. The third kappa shape index (κ3) is 5.07. The third-order valence-electron chi connectivity index (χ3n) is 4.51. The Morgan fingerprint density at radius 3 is 2.77 bits per heavy atom. The smallest absolute Gasteiger partial charge is 0.377 e. The van der Waals surface area contributed by atoms with Crippen LogP contribution in [0.5, 0.6) is 0 Å². The number of nitrogens with one attached hydrogen (secondary N) is 3. The summed E-state index contributed by atoms with van der Waals surface area (Å²) in [5, 5.41) is 13.4. The zero-order chi connectivity index (χ0) is 21.7. The Bertz CT molecular complexity index is 997. The summed E-state index contributed by atoms with van der Waals surface area (Å²) < 4.78 is 47.5. The van der Waals surface area contributed by atoms with Gasteiger partial charge in [0, 0.05) is 48.6 Å². The Balaban J connectivity index is 1.90. The van der Waals surface area contributed by atoms with Gasteiger partial charge in [-0.15, -0.1) is 0 Å². The number of allylic oxidation sites excluding steroid dienone is 1. The Hall–Kier alpha value is -3.14. The molecule has 160 valence electrons. The van der Waals surface area contributed by atoms with Gasteiger partial charge in [0.05, 0.1) is 30.5 Å². The maximum atomic E-state index is 13.7. The van der Waals surface area contributed by atoms with Gasteiger partial charge in [-0.3, -0.25) is 4.79 Å². The predicted octanol–water partition coefficient (Wildman–Crippen LogP) is 3.59. The van der Waals surface area contributed by atoms with Crippen LogP contribution in [-0.4, -0.2) is 35.0 Å². The number of rotatable bonds is 8. The molecular formula is C20H22F3N5O2. The van der Waals surface area contributed by atoms with Gasteiger partial charge in [-0.1, -0.05) is 6.92 Å². The third-order valence-corrected chi connectivity index (χ3v) is 4.51. The number of aromatic nitrogens is 2. The molecule has 0 aliphatic carbocycles. The van der Waals surface area contributed by atoms with Crippen LogP contribution in [0.25, 0.3) is 5.57 Å². The van der Waals surface area contributed by atoms with Crippen LogP contribution in [0.4, 0.5) is 24.7 Å². The van der Waals surface area contributed by atoms with Crippen molar-refractivity contribution in [2.24, 2.45) is 0 Å². The van der Waals surface area contributed by atoms with Crippen LogP contribution in [0.15, 0.2) is 41.6 Å². The van der Waals surface area contributed by atoms with Gasteiger partial charge < -0.3 is 25.3 Å². The van der Waals surface area contributed by atoms with Gasteiger partial charge in [0.15, 0.2) is 0 Å². The summed E-state index contributed by atoms with van der Waals surface area (Å²) in [4.78, 5) is 15.9. The van der Waals surface area contributed by atoms with E-state index in [1.165, 1.54) is 22.9 Å². The summed E-state index contributed by atoms with van der Waals surface area (Å²) in [6.45, 7) is 3.29. The van der Waals surface area contributed by atoms with Crippen molar-refractivity contribution in [3.05, 3.63) is 58.3 Å². The lowest BCUT2D eigenvalue weighted by Gasteiger charge is -2.27. The molecule has 3 rings (SSSR count). The fourth-order valence-electron chi connectivity index (χ4n) is 2.92. The van der Waals surface area contributed by atoms with Crippen LogP contribution in [-0.2, 0) is 17.5 Å². The number of aryl methyl sites for hydroxylation is 1. The van der Waals surface area contributed by atoms with E-state index in [0.717, 1.165) is 24.9 Å². The molecule has 0 aromatic carbocycles. The lowest BCUT2D eigenvalue weighted by Crippen LogP contribution is -2.40. The molecule has 1 fully saturated rings. The minimum atomic E-state index is -4.62. The highest BCUT2D eigenvalue weighted by Gasteiger charge is 2.35. The predicted molar refractivity (Wildman–Crippen MR) is 109 cm³/mol. The average Bonchev–Trinajstić information content (AvgIpc) is 2.67. The van der Waals surface area contributed by atoms with Crippen molar-refractivity contribution in [1.82, 2.24) is 9.55 Å². The van der Waals surface area contributed by atoms with Crippen molar-refractivity contribution in [3.8, 4) is 0 Å². The van der Waals surface area contributed by atoms with Gasteiger partial charge in [-0.25, -0.2) is 4.98 Å². The number of ether oxygens (including phenoxy) is 1. The van der Waals surface area contributed by atoms with Crippen molar-refractivity contribution in [1.29, 1.82) is 5.41 Å². The normalized spacial score (nSPS) is 14.9. The van der Waals surface area contributed by atoms with E-state index in [4.69, 9.17) is 10.1 Å². The molecule has 2 aromatic heterocycles. The van der Waals surface area contributed by atoms with Crippen LogP contribution in [0, 0.1) is 5.41 Å². The number of alkyl halides is 3. The summed E-state index contributed by atoms with van der Waals surface area (Å²) in [5.74, 6) is 0.100. The minimum absolute atomic E-state index is 0.00148. The standard InChI is InChI=1S/C20H22F3N5O2/c1-2-5-28-10-14(3-4-19(28)29)25-8-13(7-24)16-9-26-18(27-15-11-30-12-15)6-17(16)20(21,22)23/h3-4,6-10,15,24-25H,2,5,11-12H2,1H3,(H,26,27)/b13-8+,24-7?. The van der Waals surface area contributed by atoms with Gasteiger partial charge in [0.25, 0.3) is 5.56 Å². The Labute approximate surface area is 171 Å². The molecule has 0 atom stereocenters. The number of pyridine rings is 2. The first-order valence-corrected chi connectivity index (χ1v) is 9.41. The lowest BCUT2D eigenvalue weighted by atomic mass is 10.0. The minimum Gasteiger partial charge on any atom is -0.377 e. The van der Waals surface area contributed by atoms with Gasteiger partial charge in [0.1, 0.15) is 5.82 Å². The van der Waals surface area contributed by atoms with Crippen LogP contribution >= 0.6 is 0 Å². The molecule has 30 heavy (non-hydrogen) atoms. The molecule has 0 bridgehead atoms. The maximum Gasteiger partial charge on any atom is 0.417 e. The summed E-state index contributed by atoms with van der Waals surface area (Å²) in [6.07, 6.45) is 0.943. The first-order chi connectivity index (χ1) is 14.3. The zero-order valence-corrected chi connectivity index (χ0v) is 16.3. The van der Waals surface area contributed by atoms with E-state index in [1.54, 1.807) is 6.20 Å². The highest BCUT2D eigenvalue weighted by molar-refractivity contribution is 6.09. The molecule has 0 radical (unpaired) electrons. The monoisotopic (exact) mass is 421 g/mol. The van der Waals surface area contributed by atoms with Crippen LogP contribution in [0.1, 0.15) is 24.5 Å². The molecule has 2 aromatic rings. The molecule has 3 heterocycles. The number of nitrogens with zero attached hydrogens (tertiary/aromatic N) is 2. The van der Waals surface area contributed by atoms with Crippen LogP contribution in [0.3, 0.4) is 0 Å². The summed E-state index contributed by atoms with van der Waals surface area (Å²) in [5.41, 5.74) is -0.758. The molecule has 0 unspecified atom stereocenters. The number of halogens is 3.